The second-order valence-corrected chi connectivity index (χ2v) is 9.03. The van der Waals surface area contributed by atoms with Crippen LogP contribution in [0.25, 0.3) is 33.5 Å². The van der Waals surface area contributed by atoms with Gasteiger partial charge in [-0.3, -0.25) is 4.79 Å². The molecule has 0 saturated carbocycles. The molecule has 2 heterocycles. The summed E-state index contributed by atoms with van der Waals surface area (Å²) in [5, 5.41) is 22.8. The number of ether oxygens (including phenoxy) is 2. The van der Waals surface area contributed by atoms with Gasteiger partial charge in [0, 0.05) is 23.7 Å². The zero-order valence-electron chi connectivity index (χ0n) is 21.7. The topological polar surface area (TPSA) is 147 Å². The van der Waals surface area contributed by atoms with E-state index in [4.69, 9.17) is 9.47 Å². The molecule has 40 heavy (non-hydrogen) atoms. The lowest BCUT2D eigenvalue weighted by atomic mass is 10.0. The molecule has 3 aromatic carbocycles. The molecule has 2 aromatic heterocycles. The molecule has 202 valence electrons. The average molecular weight is 539 g/mol. The molecule has 1 atom stereocenters. The van der Waals surface area contributed by atoms with Gasteiger partial charge in [-0.05, 0) is 65.7 Å². The van der Waals surface area contributed by atoms with E-state index in [1.54, 1.807) is 67.9 Å². The van der Waals surface area contributed by atoms with Crippen LogP contribution >= 0.6 is 0 Å². The summed E-state index contributed by atoms with van der Waals surface area (Å²) in [6.07, 6.45) is 1.82. The number of phenols is 2. The van der Waals surface area contributed by atoms with Crippen molar-refractivity contribution in [1.29, 1.82) is 0 Å². The molecule has 0 bridgehead atoms. The van der Waals surface area contributed by atoms with Gasteiger partial charge in [0.05, 0.1) is 30.8 Å². The SMILES string of the molecule is COC(=O)[C@H](Cc1ccc(O)cc1)NC(=O)c1ccc2[nH]c(-c3cc(-c4cccnc4OC)ccc3O)nc2c1. The Balaban J connectivity index is 1.41. The molecule has 0 saturated heterocycles. The number of aromatic nitrogens is 3. The van der Waals surface area contributed by atoms with Gasteiger partial charge in [-0.2, -0.15) is 0 Å². The maximum atomic E-state index is 13.1. The highest BCUT2D eigenvalue weighted by Gasteiger charge is 2.23. The number of aromatic hydroxyl groups is 2. The zero-order chi connectivity index (χ0) is 28.2. The smallest absolute Gasteiger partial charge is 0.328 e. The molecule has 5 aromatic rings. The predicted molar refractivity (Wildman–Crippen MR) is 148 cm³/mol. The normalized spacial score (nSPS) is 11.7. The monoisotopic (exact) mass is 538 g/mol. The summed E-state index contributed by atoms with van der Waals surface area (Å²) in [5.41, 5.74) is 4.19. The minimum absolute atomic E-state index is 0.0266. The van der Waals surface area contributed by atoms with E-state index >= 15 is 0 Å². The zero-order valence-corrected chi connectivity index (χ0v) is 21.7. The van der Waals surface area contributed by atoms with Crippen molar-refractivity contribution in [3.05, 3.63) is 90.1 Å². The summed E-state index contributed by atoms with van der Waals surface area (Å²) < 4.78 is 10.3. The van der Waals surface area contributed by atoms with Crippen molar-refractivity contribution < 1.29 is 29.3 Å². The van der Waals surface area contributed by atoms with Gasteiger partial charge in [0.2, 0.25) is 5.88 Å². The molecule has 0 radical (unpaired) electrons. The summed E-state index contributed by atoms with van der Waals surface area (Å²) in [7, 11) is 2.80. The molecule has 10 nitrogen and oxygen atoms in total. The third-order valence-corrected chi connectivity index (χ3v) is 6.44. The summed E-state index contributed by atoms with van der Waals surface area (Å²) in [6.45, 7) is 0. The molecular formula is C30H26N4O6. The Kier molecular flexibility index (Phi) is 7.32. The number of fused-ring (bicyclic) bond motifs is 1. The lowest BCUT2D eigenvalue weighted by molar-refractivity contribution is -0.142. The van der Waals surface area contributed by atoms with Gasteiger partial charge in [-0.1, -0.05) is 18.2 Å². The molecule has 0 fully saturated rings. The van der Waals surface area contributed by atoms with Crippen molar-refractivity contribution >= 4 is 22.9 Å². The van der Waals surface area contributed by atoms with Crippen molar-refractivity contribution in [1.82, 2.24) is 20.3 Å². The van der Waals surface area contributed by atoms with E-state index in [1.807, 2.05) is 6.07 Å². The largest absolute Gasteiger partial charge is 0.508 e. The van der Waals surface area contributed by atoms with Crippen LogP contribution in [0.3, 0.4) is 0 Å². The number of nitrogens with zero attached hydrogens (tertiary/aromatic N) is 2. The van der Waals surface area contributed by atoms with Crippen LogP contribution in [-0.4, -0.2) is 57.3 Å². The fourth-order valence-electron chi connectivity index (χ4n) is 4.39. The number of H-pyrrole nitrogens is 1. The lowest BCUT2D eigenvalue weighted by Gasteiger charge is -2.16. The van der Waals surface area contributed by atoms with Gasteiger partial charge in [-0.25, -0.2) is 14.8 Å². The molecule has 0 aliphatic rings. The third-order valence-electron chi connectivity index (χ3n) is 6.44. The molecule has 0 unspecified atom stereocenters. The number of rotatable bonds is 8. The van der Waals surface area contributed by atoms with Crippen molar-refractivity contribution in [3.8, 4) is 39.9 Å². The van der Waals surface area contributed by atoms with Crippen molar-refractivity contribution in [2.24, 2.45) is 0 Å². The second-order valence-electron chi connectivity index (χ2n) is 9.03. The van der Waals surface area contributed by atoms with E-state index in [0.29, 0.717) is 33.9 Å². The first-order chi connectivity index (χ1) is 19.4. The van der Waals surface area contributed by atoms with Gasteiger partial charge >= 0.3 is 5.97 Å². The van der Waals surface area contributed by atoms with Crippen LogP contribution in [0.5, 0.6) is 17.4 Å². The minimum Gasteiger partial charge on any atom is -0.508 e. The Hall–Kier alpha value is -5.38. The molecule has 10 heteroatoms. The molecule has 5 rings (SSSR count). The van der Waals surface area contributed by atoms with Crippen molar-refractivity contribution in [3.63, 3.8) is 0 Å². The molecule has 1 amide bonds. The lowest BCUT2D eigenvalue weighted by Crippen LogP contribution is -2.43. The van der Waals surface area contributed by atoms with E-state index in [2.05, 4.69) is 20.3 Å². The molecule has 0 aliphatic heterocycles. The number of hydrogen-bond acceptors (Lipinski definition) is 8. The number of pyridine rings is 1. The Labute approximate surface area is 229 Å². The number of imidazole rings is 1. The van der Waals surface area contributed by atoms with Crippen molar-refractivity contribution in [2.75, 3.05) is 14.2 Å². The first-order valence-corrected chi connectivity index (χ1v) is 12.4. The number of aromatic amines is 1. The highest BCUT2D eigenvalue weighted by atomic mass is 16.5. The second kappa shape index (κ2) is 11.2. The molecule has 4 N–H and O–H groups in total. The van der Waals surface area contributed by atoms with Crippen LogP contribution in [0.15, 0.2) is 79.0 Å². The van der Waals surface area contributed by atoms with Crippen LogP contribution in [0.2, 0.25) is 0 Å². The van der Waals surface area contributed by atoms with Crippen LogP contribution in [0, 0.1) is 0 Å². The Morgan fingerprint density at radius 1 is 0.975 bits per heavy atom. The van der Waals surface area contributed by atoms with Crippen molar-refractivity contribution in [2.45, 2.75) is 12.5 Å². The fraction of sp³-hybridized carbons (Fsp3) is 0.133. The molecule has 0 spiro atoms. The maximum Gasteiger partial charge on any atom is 0.328 e. The first kappa shape index (κ1) is 26.2. The molecule has 0 aliphatic carbocycles. The predicted octanol–water partition coefficient (Wildman–Crippen LogP) is 4.23. The van der Waals surface area contributed by atoms with Crippen LogP contribution in [0.1, 0.15) is 15.9 Å². The maximum absolute atomic E-state index is 13.1. The standard InChI is InChI=1S/C30H26N4O6/c1-39-29-21(4-3-13-31-29)18-8-12-26(36)22(15-18)27-32-23-11-7-19(16-24(23)33-27)28(37)34-25(30(38)40-2)14-17-5-9-20(35)10-6-17/h3-13,15-16,25,35-36H,14H2,1-2H3,(H,32,33)(H,34,37)/t25-/m0/s1. The number of esters is 1. The third kappa shape index (κ3) is 5.41. The molecular weight excluding hydrogens is 512 g/mol. The van der Waals surface area contributed by atoms with Gasteiger partial charge in [0.1, 0.15) is 23.4 Å². The minimum atomic E-state index is -0.934. The quantitative estimate of drug-likeness (QED) is 0.215. The van der Waals surface area contributed by atoms with Crippen LogP contribution in [-0.2, 0) is 16.0 Å². The summed E-state index contributed by atoms with van der Waals surface area (Å²) in [6, 6.07) is 19.1. The number of amides is 1. The highest BCUT2D eigenvalue weighted by molar-refractivity contribution is 5.99. The Bertz CT molecular complexity index is 1700. The number of nitrogens with one attached hydrogen (secondary N) is 2. The summed E-state index contributed by atoms with van der Waals surface area (Å²) in [4.78, 5) is 37.5. The van der Waals surface area contributed by atoms with E-state index in [0.717, 1.165) is 16.7 Å². The fourth-order valence-corrected chi connectivity index (χ4v) is 4.39. The number of carbonyl (C=O) groups excluding carboxylic acids is 2. The highest BCUT2D eigenvalue weighted by Crippen LogP contribution is 2.35. The summed E-state index contributed by atoms with van der Waals surface area (Å²) >= 11 is 0. The first-order valence-electron chi connectivity index (χ1n) is 12.4. The van der Waals surface area contributed by atoms with Gasteiger partial charge in [-0.15, -0.1) is 0 Å². The number of carbonyl (C=O) groups is 2. The number of benzene rings is 3. The van der Waals surface area contributed by atoms with Gasteiger partial charge in [0.25, 0.3) is 5.91 Å². The average Bonchev–Trinajstić information content (AvgIpc) is 3.41. The van der Waals surface area contributed by atoms with E-state index in [9.17, 15) is 19.8 Å². The Morgan fingerprint density at radius 3 is 2.52 bits per heavy atom. The number of methoxy groups -OCH3 is 2. The van der Waals surface area contributed by atoms with Gasteiger partial charge < -0.3 is 30.0 Å². The van der Waals surface area contributed by atoms with Crippen LogP contribution < -0.4 is 10.1 Å². The van der Waals surface area contributed by atoms with E-state index < -0.39 is 17.9 Å². The Morgan fingerprint density at radius 2 is 1.77 bits per heavy atom. The number of hydrogen-bond donors (Lipinski definition) is 4. The van der Waals surface area contributed by atoms with Gasteiger partial charge in [0.15, 0.2) is 0 Å². The van der Waals surface area contributed by atoms with Crippen LogP contribution in [0.4, 0.5) is 0 Å². The number of phenolic OH excluding ortho intramolecular Hbond substituents is 2. The van der Waals surface area contributed by atoms with E-state index in [1.165, 1.54) is 19.2 Å². The van der Waals surface area contributed by atoms with E-state index in [-0.39, 0.29) is 17.9 Å². The summed E-state index contributed by atoms with van der Waals surface area (Å²) in [5.74, 6) is -0.0754.